The Morgan fingerprint density at radius 1 is 1.47 bits per heavy atom. The number of nitrogens with one attached hydrogen (secondary N) is 2. The Balaban J connectivity index is 2.03. The number of pyridine rings is 1. The molecule has 2 rings (SSSR count). The van der Waals surface area contributed by atoms with E-state index in [1.165, 1.54) is 12.8 Å². The summed E-state index contributed by atoms with van der Waals surface area (Å²) in [4.78, 5) is 16.1. The topological polar surface area (TPSA) is 54.0 Å². The smallest absolute Gasteiger partial charge is 0.270 e. The fraction of sp³-hybridized carbons (Fsp3) is 0.538. The van der Waals surface area contributed by atoms with E-state index >= 15 is 0 Å². The molecule has 2 atom stereocenters. The van der Waals surface area contributed by atoms with Crippen LogP contribution in [0.2, 0.25) is 0 Å². The van der Waals surface area contributed by atoms with Crippen molar-refractivity contribution in [2.24, 2.45) is 5.92 Å². The van der Waals surface area contributed by atoms with Crippen molar-refractivity contribution in [3.8, 4) is 0 Å². The summed E-state index contributed by atoms with van der Waals surface area (Å²) in [7, 11) is 1.83. The number of hydrogen-bond donors (Lipinski definition) is 2. The van der Waals surface area contributed by atoms with Gasteiger partial charge in [-0.15, -0.1) is 0 Å². The number of hydrogen-bond acceptors (Lipinski definition) is 3. The van der Waals surface area contributed by atoms with Crippen LogP contribution < -0.4 is 10.6 Å². The van der Waals surface area contributed by atoms with Crippen LogP contribution in [0.1, 0.15) is 36.7 Å². The van der Waals surface area contributed by atoms with Crippen LogP contribution in [0.25, 0.3) is 0 Å². The maximum Gasteiger partial charge on any atom is 0.270 e. The summed E-state index contributed by atoms with van der Waals surface area (Å²) in [5.41, 5.74) is 1.39. The third-order valence-electron chi connectivity index (χ3n) is 3.46. The Morgan fingerprint density at radius 2 is 2.29 bits per heavy atom. The summed E-state index contributed by atoms with van der Waals surface area (Å²) >= 11 is 0. The minimum absolute atomic E-state index is 0.0687. The first-order valence-electron chi connectivity index (χ1n) is 6.15. The molecule has 1 aliphatic rings. The van der Waals surface area contributed by atoms with E-state index in [1.807, 2.05) is 13.1 Å². The molecule has 1 fully saturated rings. The summed E-state index contributed by atoms with van der Waals surface area (Å²) in [6.07, 6.45) is 5.14. The molecule has 17 heavy (non-hydrogen) atoms. The van der Waals surface area contributed by atoms with Crippen molar-refractivity contribution in [3.63, 3.8) is 0 Å². The second-order valence-corrected chi connectivity index (χ2v) is 4.67. The monoisotopic (exact) mass is 233 g/mol. The highest BCUT2D eigenvalue weighted by molar-refractivity contribution is 5.93. The molecule has 4 heteroatoms. The third kappa shape index (κ3) is 2.75. The van der Waals surface area contributed by atoms with Crippen molar-refractivity contribution in [2.45, 2.75) is 32.2 Å². The van der Waals surface area contributed by atoms with Gasteiger partial charge < -0.3 is 10.6 Å². The van der Waals surface area contributed by atoms with E-state index in [1.54, 1.807) is 12.3 Å². The highest BCUT2D eigenvalue weighted by Crippen LogP contribution is 2.25. The van der Waals surface area contributed by atoms with E-state index in [0.29, 0.717) is 17.7 Å². The molecule has 1 aromatic heterocycles. The summed E-state index contributed by atoms with van der Waals surface area (Å²) in [5, 5.41) is 6.07. The Bertz CT molecular complexity index is 405. The van der Waals surface area contributed by atoms with Gasteiger partial charge in [0.1, 0.15) is 5.69 Å². The predicted molar refractivity (Wildman–Crippen MR) is 68.1 cm³/mol. The lowest BCUT2D eigenvalue weighted by Crippen LogP contribution is -2.36. The zero-order valence-electron chi connectivity index (χ0n) is 10.4. The third-order valence-corrected chi connectivity index (χ3v) is 3.46. The molecule has 1 amide bonds. The number of carbonyl (C=O) groups excluding carboxylic acids is 1. The van der Waals surface area contributed by atoms with Gasteiger partial charge in [0.25, 0.3) is 5.91 Å². The molecule has 0 aromatic carbocycles. The second-order valence-electron chi connectivity index (χ2n) is 4.67. The number of aromatic nitrogens is 1. The number of rotatable bonds is 3. The average molecular weight is 233 g/mol. The van der Waals surface area contributed by atoms with Gasteiger partial charge in [0.05, 0.1) is 0 Å². The van der Waals surface area contributed by atoms with E-state index in [9.17, 15) is 4.79 Å². The van der Waals surface area contributed by atoms with Gasteiger partial charge in [-0.25, -0.2) is 0 Å². The van der Waals surface area contributed by atoms with Crippen LogP contribution >= 0.6 is 0 Å². The van der Waals surface area contributed by atoms with Gasteiger partial charge in [0, 0.05) is 25.0 Å². The van der Waals surface area contributed by atoms with Gasteiger partial charge in [0.15, 0.2) is 0 Å². The molecule has 0 saturated heterocycles. The second kappa shape index (κ2) is 5.17. The number of amides is 1. The Morgan fingerprint density at radius 3 is 2.94 bits per heavy atom. The molecule has 0 aliphatic heterocycles. The molecular weight excluding hydrogens is 214 g/mol. The minimum Gasteiger partial charge on any atom is -0.388 e. The lowest BCUT2D eigenvalue weighted by molar-refractivity contribution is 0.0924. The van der Waals surface area contributed by atoms with E-state index in [4.69, 9.17) is 0 Å². The van der Waals surface area contributed by atoms with Gasteiger partial charge in [-0.3, -0.25) is 9.78 Å². The van der Waals surface area contributed by atoms with E-state index in [0.717, 1.165) is 12.1 Å². The molecule has 2 N–H and O–H groups in total. The number of nitrogens with zero attached hydrogens (tertiary/aromatic N) is 1. The molecule has 2 unspecified atom stereocenters. The first-order valence-corrected chi connectivity index (χ1v) is 6.15. The van der Waals surface area contributed by atoms with Crippen molar-refractivity contribution >= 4 is 11.6 Å². The van der Waals surface area contributed by atoms with Crippen molar-refractivity contribution in [1.29, 1.82) is 0 Å². The largest absolute Gasteiger partial charge is 0.388 e. The van der Waals surface area contributed by atoms with E-state index in [-0.39, 0.29) is 5.91 Å². The van der Waals surface area contributed by atoms with Crippen LogP contribution in [0, 0.1) is 5.92 Å². The predicted octanol–water partition coefficient (Wildman–Crippen LogP) is 2.04. The van der Waals surface area contributed by atoms with Crippen LogP contribution in [0.5, 0.6) is 0 Å². The fourth-order valence-corrected chi connectivity index (χ4v) is 2.31. The van der Waals surface area contributed by atoms with Crippen molar-refractivity contribution < 1.29 is 4.79 Å². The molecular formula is C13H19N3O. The van der Waals surface area contributed by atoms with Crippen LogP contribution in [0.4, 0.5) is 5.69 Å². The average Bonchev–Trinajstić information content (AvgIpc) is 2.75. The zero-order chi connectivity index (χ0) is 12.3. The van der Waals surface area contributed by atoms with Crippen molar-refractivity contribution in [3.05, 3.63) is 24.0 Å². The van der Waals surface area contributed by atoms with Crippen LogP contribution in [-0.4, -0.2) is 24.0 Å². The standard InChI is InChI=1S/C13H19N3O/c1-9-4-3-5-11(9)16-13(17)12-8-10(14-2)6-7-15-12/h6-9,11H,3-5H2,1-2H3,(H,14,15)(H,16,17). The van der Waals surface area contributed by atoms with Gasteiger partial charge >= 0.3 is 0 Å². The molecule has 92 valence electrons. The zero-order valence-corrected chi connectivity index (χ0v) is 10.4. The van der Waals surface area contributed by atoms with Gasteiger partial charge in [0.2, 0.25) is 0 Å². The molecule has 0 radical (unpaired) electrons. The van der Waals surface area contributed by atoms with Crippen molar-refractivity contribution in [1.82, 2.24) is 10.3 Å². The normalized spacial score (nSPS) is 23.4. The summed E-state index contributed by atoms with van der Waals surface area (Å²) in [6.45, 7) is 2.19. The highest BCUT2D eigenvalue weighted by Gasteiger charge is 2.25. The summed E-state index contributed by atoms with van der Waals surface area (Å²) in [6, 6.07) is 3.92. The van der Waals surface area contributed by atoms with Gasteiger partial charge in [-0.2, -0.15) is 0 Å². The molecule has 1 aromatic rings. The SMILES string of the molecule is CNc1ccnc(C(=O)NC2CCCC2C)c1. The molecule has 1 heterocycles. The van der Waals surface area contributed by atoms with Gasteiger partial charge in [-0.05, 0) is 30.9 Å². The van der Waals surface area contributed by atoms with E-state index in [2.05, 4.69) is 22.5 Å². The van der Waals surface area contributed by atoms with Crippen LogP contribution in [0.3, 0.4) is 0 Å². The first kappa shape index (κ1) is 11.9. The van der Waals surface area contributed by atoms with Crippen LogP contribution in [0.15, 0.2) is 18.3 Å². The van der Waals surface area contributed by atoms with Gasteiger partial charge in [-0.1, -0.05) is 13.3 Å². The molecule has 4 nitrogen and oxygen atoms in total. The maximum absolute atomic E-state index is 12.0. The Labute approximate surface area is 102 Å². The first-order chi connectivity index (χ1) is 8.20. The van der Waals surface area contributed by atoms with Crippen LogP contribution in [-0.2, 0) is 0 Å². The Hall–Kier alpha value is -1.58. The lowest BCUT2D eigenvalue weighted by atomic mass is 10.1. The maximum atomic E-state index is 12.0. The number of carbonyl (C=O) groups is 1. The molecule has 0 spiro atoms. The minimum atomic E-state index is -0.0687. The highest BCUT2D eigenvalue weighted by atomic mass is 16.1. The summed E-state index contributed by atoms with van der Waals surface area (Å²) in [5.74, 6) is 0.507. The van der Waals surface area contributed by atoms with Crippen molar-refractivity contribution in [2.75, 3.05) is 12.4 Å². The van der Waals surface area contributed by atoms with E-state index < -0.39 is 0 Å². The molecule has 0 bridgehead atoms. The Kier molecular flexibility index (Phi) is 3.61. The molecule has 1 aliphatic carbocycles. The quantitative estimate of drug-likeness (QED) is 0.840. The molecule has 1 saturated carbocycles. The lowest BCUT2D eigenvalue weighted by Gasteiger charge is -2.17. The fourth-order valence-electron chi connectivity index (χ4n) is 2.31. The summed E-state index contributed by atoms with van der Waals surface area (Å²) < 4.78 is 0. The number of anilines is 1.